The predicted molar refractivity (Wildman–Crippen MR) is 57.0 cm³/mol. The van der Waals surface area contributed by atoms with Crippen molar-refractivity contribution in [1.29, 1.82) is 0 Å². The van der Waals surface area contributed by atoms with Gasteiger partial charge >= 0.3 is 0 Å². The Morgan fingerprint density at radius 1 is 1.47 bits per heavy atom. The van der Waals surface area contributed by atoms with Crippen LogP contribution in [0.2, 0.25) is 0 Å². The second kappa shape index (κ2) is 5.60. The minimum absolute atomic E-state index is 0. The van der Waals surface area contributed by atoms with Crippen molar-refractivity contribution < 1.29 is 19.0 Å². The number of benzene rings is 1. The Bertz CT molecular complexity index is 339. The van der Waals surface area contributed by atoms with Crippen LogP contribution in [-0.2, 0) is 0 Å². The van der Waals surface area contributed by atoms with E-state index < -0.39 is 35.6 Å². The van der Waals surface area contributed by atoms with Crippen LogP contribution in [0.4, 0.5) is 8.78 Å². The first-order chi connectivity index (χ1) is 6.49. The van der Waals surface area contributed by atoms with E-state index in [-0.39, 0.29) is 16.9 Å². The Morgan fingerprint density at radius 3 is 2.47 bits per heavy atom. The van der Waals surface area contributed by atoms with Crippen molar-refractivity contribution >= 4 is 28.3 Å². The van der Waals surface area contributed by atoms with E-state index in [9.17, 15) is 13.9 Å². The fraction of sp³-hybridized carbons (Fsp3) is 0.250. The summed E-state index contributed by atoms with van der Waals surface area (Å²) >= 11 is 2.83. The monoisotopic (exact) mass is 303 g/mol. The molecule has 1 atom stereocenters. The summed E-state index contributed by atoms with van der Waals surface area (Å²) < 4.78 is 26.0. The number of rotatable bonds is 2. The van der Waals surface area contributed by atoms with E-state index in [1.165, 1.54) is 0 Å². The topological polar surface area (TPSA) is 66.5 Å². The van der Waals surface area contributed by atoms with Crippen LogP contribution < -0.4 is 5.73 Å². The summed E-state index contributed by atoms with van der Waals surface area (Å²) in [5.74, 6) is -2.87. The lowest BCUT2D eigenvalue weighted by atomic mass is 10.1. The number of aliphatic hydroxyl groups is 1. The van der Waals surface area contributed by atoms with Crippen LogP contribution in [0.25, 0.3) is 0 Å². The van der Waals surface area contributed by atoms with Crippen molar-refractivity contribution in [3.05, 3.63) is 27.7 Å². The molecule has 0 radical (unpaired) electrons. The molecule has 0 unspecified atom stereocenters. The average Bonchev–Trinajstić information content (AvgIpc) is 2.15. The highest BCUT2D eigenvalue weighted by molar-refractivity contribution is 9.10. The molecule has 0 spiro atoms. The van der Waals surface area contributed by atoms with Gasteiger partial charge in [0.05, 0.1) is 22.7 Å². The van der Waals surface area contributed by atoms with Crippen molar-refractivity contribution in [2.45, 2.75) is 6.04 Å². The summed E-state index contributed by atoms with van der Waals surface area (Å²) in [6, 6.07) is -0.361. The predicted octanol–water partition coefficient (Wildman–Crippen LogP) is 1.85. The number of aliphatic hydroxyl groups excluding tert-OH is 1. The van der Waals surface area contributed by atoms with Crippen LogP contribution in [0.1, 0.15) is 11.6 Å². The maximum absolute atomic E-state index is 13.1. The standard InChI is InChI=1S/C8H8BrF2NO2.ClH/c9-3-1-4(10)7(11)6(8(3)14)5(12)2-13;/h1,5,13-14H,2,12H2;1H/t5-;/m1./s1. The minimum atomic E-state index is -1.24. The van der Waals surface area contributed by atoms with Crippen molar-refractivity contribution in [3.63, 3.8) is 0 Å². The maximum atomic E-state index is 13.1. The number of hydrogen-bond acceptors (Lipinski definition) is 3. The van der Waals surface area contributed by atoms with Crippen molar-refractivity contribution in [3.8, 4) is 5.75 Å². The number of hydrogen-bond donors (Lipinski definition) is 3. The SMILES string of the molecule is Cl.N[C@H](CO)c1c(O)c(Br)cc(F)c1F. The highest BCUT2D eigenvalue weighted by atomic mass is 79.9. The Hall–Kier alpha value is -0.430. The molecule has 1 aromatic carbocycles. The van der Waals surface area contributed by atoms with Gasteiger partial charge in [-0.1, -0.05) is 0 Å². The summed E-state index contributed by atoms with van der Waals surface area (Å²) in [7, 11) is 0. The molecule has 4 N–H and O–H groups in total. The number of aromatic hydroxyl groups is 1. The Balaban J connectivity index is 0.00000196. The summed E-state index contributed by atoms with van der Waals surface area (Å²) in [4.78, 5) is 0. The molecule has 3 nitrogen and oxygen atoms in total. The molecule has 0 heterocycles. The van der Waals surface area contributed by atoms with E-state index in [0.29, 0.717) is 0 Å². The molecule has 0 bridgehead atoms. The van der Waals surface area contributed by atoms with Crippen LogP contribution in [-0.4, -0.2) is 16.8 Å². The summed E-state index contributed by atoms with van der Waals surface area (Å²) in [6.45, 7) is -0.583. The molecule has 0 aromatic heterocycles. The molecule has 0 aliphatic heterocycles. The summed E-state index contributed by atoms with van der Waals surface area (Å²) in [6.07, 6.45) is 0. The normalized spacial score (nSPS) is 12.1. The van der Waals surface area contributed by atoms with Crippen molar-refractivity contribution in [2.75, 3.05) is 6.61 Å². The van der Waals surface area contributed by atoms with E-state index >= 15 is 0 Å². The highest BCUT2D eigenvalue weighted by Crippen LogP contribution is 2.34. The van der Waals surface area contributed by atoms with E-state index in [2.05, 4.69) is 15.9 Å². The van der Waals surface area contributed by atoms with Crippen molar-refractivity contribution in [2.24, 2.45) is 5.73 Å². The second-order valence-electron chi connectivity index (χ2n) is 2.71. The van der Waals surface area contributed by atoms with Gasteiger partial charge in [-0.2, -0.15) is 0 Å². The molecule has 1 aromatic rings. The van der Waals surface area contributed by atoms with Gasteiger partial charge in [0.25, 0.3) is 0 Å². The van der Waals surface area contributed by atoms with Gasteiger partial charge in [0.15, 0.2) is 11.6 Å². The first-order valence-corrected chi connectivity index (χ1v) is 4.51. The van der Waals surface area contributed by atoms with Gasteiger partial charge in [0.1, 0.15) is 5.75 Å². The van der Waals surface area contributed by atoms with Gasteiger partial charge in [-0.15, -0.1) is 12.4 Å². The van der Waals surface area contributed by atoms with Gasteiger partial charge in [0, 0.05) is 0 Å². The van der Waals surface area contributed by atoms with Crippen LogP contribution in [0, 0.1) is 11.6 Å². The van der Waals surface area contributed by atoms with E-state index in [1.54, 1.807) is 0 Å². The van der Waals surface area contributed by atoms with Gasteiger partial charge < -0.3 is 15.9 Å². The molecule has 86 valence electrons. The molecular formula is C8H9BrClF2NO2. The van der Waals surface area contributed by atoms with Gasteiger partial charge in [-0.05, 0) is 22.0 Å². The third kappa shape index (κ3) is 2.78. The minimum Gasteiger partial charge on any atom is -0.506 e. The van der Waals surface area contributed by atoms with Gasteiger partial charge in [-0.3, -0.25) is 0 Å². The summed E-state index contributed by atoms with van der Waals surface area (Å²) in [5.41, 5.74) is 4.87. The van der Waals surface area contributed by atoms with Gasteiger partial charge in [-0.25, -0.2) is 8.78 Å². The lowest BCUT2D eigenvalue weighted by molar-refractivity contribution is 0.261. The molecule has 0 saturated carbocycles. The fourth-order valence-corrected chi connectivity index (χ4v) is 1.45. The quantitative estimate of drug-likeness (QED) is 0.731. The number of nitrogens with two attached hydrogens (primary N) is 1. The molecule has 0 aliphatic rings. The average molecular weight is 305 g/mol. The first-order valence-electron chi connectivity index (χ1n) is 3.71. The molecule has 0 aliphatic carbocycles. The third-order valence-corrected chi connectivity index (χ3v) is 2.35. The highest BCUT2D eigenvalue weighted by Gasteiger charge is 2.21. The van der Waals surface area contributed by atoms with Crippen LogP contribution in [0.3, 0.4) is 0 Å². The van der Waals surface area contributed by atoms with E-state index in [1.807, 2.05) is 0 Å². The number of phenols is 1. The van der Waals surface area contributed by atoms with Crippen LogP contribution in [0.15, 0.2) is 10.5 Å². The molecule has 0 amide bonds. The Morgan fingerprint density at radius 2 is 2.00 bits per heavy atom. The number of phenolic OH excluding ortho intramolecular Hbond substituents is 1. The molecule has 0 saturated heterocycles. The van der Waals surface area contributed by atoms with Crippen LogP contribution in [0.5, 0.6) is 5.75 Å². The van der Waals surface area contributed by atoms with E-state index in [0.717, 1.165) is 6.07 Å². The smallest absolute Gasteiger partial charge is 0.167 e. The molecular weight excluding hydrogens is 295 g/mol. The Labute approximate surface area is 99.4 Å². The molecule has 1 rings (SSSR count). The third-order valence-electron chi connectivity index (χ3n) is 1.75. The molecule has 15 heavy (non-hydrogen) atoms. The molecule has 0 fully saturated rings. The lowest BCUT2D eigenvalue weighted by Crippen LogP contribution is -2.17. The van der Waals surface area contributed by atoms with Gasteiger partial charge in [0.2, 0.25) is 0 Å². The zero-order valence-electron chi connectivity index (χ0n) is 7.38. The second-order valence-corrected chi connectivity index (χ2v) is 3.56. The fourth-order valence-electron chi connectivity index (χ4n) is 1.03. The maximum Gasteiger partial charge on any atom is 0.167 e. The van der Waals surface area contributed by atoms with Crippen LogP contribution >= 0.6 is 28.3 Å². The number of halogens is 4. The first kappa shape index (κ1) is 14.6. The van der Waals surface area contributed by atoms with Crippen molar-refractivity contribution in [1.82, 2.24) is 0 Å². The largest absolute Gasteiger partial charge is 0.506 e. The summed E-state index contributed by atoms with van der Waals surface area (Å²) in [5, 5.41) is 18.0. The Kier molecular flexibility index (Phi) is 5.44. The molecule has 7 heteroatoms. The zero-order chi connectivity index (χ0) is 10.9. The zero-order valence-corrected chi connectivity index (χ0v) is 9.78. The lowest BCUT2D eigenvalue weighted by Gasteiger charge is -2.13. The van der Waals surface area contributed by atoms with E-state index in [4.69, 9.17) is 10.8 Å².